The van der Waals surface area contributed by atoms with E-state index in [2.05, 4.69) is 26.6 Å². The maximum absolute atomic E-state index is 5.52. The molecular weight excluding hydrogens is 348 g/mol. The second-order valence-electron chi connectivity index (χ2n) is 10.3. The summed E-state index contributed by atoms with van der Waals surface area (Å²) in [5, 5.41) is 0. The number of likely N-dealkylation sites (tertiary alicyclic amines) is 4. The monoisotopic (exact) mass is 392 g/mol. The predicted octanol–water partition coefficient (Wildman–Crippen LogP) is 2.08. The van der Waals surface area contributed by atoms with Gasteiger partial charge in [-0.3, -0.25) is 0 Å². The van der Waals surface area contributed by atoms with Gasteiger partial charge in [0.25, 0.3) is 0 Å². The zero-order chi connectivity index (χ0) is 19.3. The molecule has 0 aromatic carbocycles. The van der Waals surface area contributed by atoms with E-state index in [4.69, 9.17) is 4.74 Å². The van der Waals surface area contributed by atoms with Crippen LogP contribution in [-0.4, -0.2) is 112 Å². The van der Waals surface area contributed by atoms with E-state index >= 15 is 0 Å². The van der Waals surface area contributed by atoms with E-state index in [-0.39, 0.29) is 0 Å². The van der Waals surface area contributed by atoms with Crippen LogP contribution >= 0.6 is 0 Å². The molecule has 4 heterocycles. The number of rotatable bonds is 7. The van der Waals surface area contributed by atoms with Crippen LogP contribution in [0.1, 0.15) is 38.5 Å². The SMILES string of the molecule is COC1CCN(CC2CCN(CC3CCN(CC4CN(C)C4)CC3)CC2)CC1. The minimum atomic E-state index is 0.513. The molecule has 4 aliphatic heterocycles. The number of piperidine rings is 3. The second kappa shape index (κ2) is 10.2. The fraction of sp³-hybridized carbons (Fsp3) is 1.00. The normalized spacial score (nSPS) is 29.4. The van der Waals surface area contributed by atoms with Crippen molar-refractivity contribution in [3.63, 3.8) is 0 Å². The van der Waals surface area contributed by atoms with Crippen LogP contribution in [-0.2, 0) is 4.74 Å². The highest BCUT2D eigenvalue weighted by Crippen LogP contribution is 2.25. The number of hydrogen-bond donors (Lipinski definition) is 0. The molecule has 4 aliphatic rings. The summed E-state index contributed by atoms with van der Waals surface area (Å²) in [6, 6.07) is 0. The Kier molecular flexibility index (Phi) is 7.67. The first-order valence-electron chi connectivity index (χ1n) is 12.1. The molecule has 28 heavy (non-hydrogen) atoms. The smallest absolute Gasteiger partial charge is 0.0595 e. The maximum atomic E-state index is 5.52. The molecule has 0 amide bonds. The summed E-state index contributed by atoms with van der Waals surface area (Å²) in [4.78, 5) is 10.7. The number of methoxy groups -OCH3 is 1. The van der Waals surface area contributed by atoms with Crippen molar-refractivity contribution < 1.29 is 4.74 Å². The third-order valence-electron chi connectivity index (χ3n) is 7.97. The van der Waals surface area contributed by atoms with Crippen LogP contribution in [0.2, 0.25) is 0 Å². The van der Waals surface area contributed by atoms with Gasteiger partial charge in [0.2, 0.25) is 0 Å². The van der Waals surface area contributed by atoms with Gasteiger partial charge in [0.05, 0.1) is 6.10 Å². The van der Waals surface area contributed by atoms with Crippen molar-refractivity contribution in [2.75, 3.05) is 86.1 Å². The molecule has 0 saturated carbocycles. The standard InChI is InChI=1S/C23H44N4O/c1-24-15-22(16-24)19-26-11-5-20(6-12-26)17-25-9-3-21(4-10-25)18-27-13-7-23(28-2)8-14-27/h20-23H,3-19H2,1-2H3. The van der Waals surface area contributed by atoms with E-state index < -0.39 is 0 Å². The molecule has 0 atom stereocenters. The lowest BCUT2D eigenvalue weighted by molar-refractivity contribution is 0.0306. The Labute approximate surface area is 173 Å². The highest BCUT2D eigenvalue weighted by molar-refractivity contribution is 4.84. The molecule has 0 bridgehead atoms. The number of hydrogen-bond acceptors (Lipinski definition) is 5. The van der Waals surface area contributed by atoms with Gasteiger partial charge in [-0.25, -0.2) is 0 Å². The minimum Gasteiger partial charge on any atom is -0.381 e. The van der Waals surface area contributed by atoms with Crippen LogP contribution in [0.15, 0.2) is 0 Å². The average molecular weight is 393 g/mol. The van der Waals surface area contributed by atoms with Gasteiger partial charge in [0.1, 0.15) is 0 Å². The summed E-state index contributed by atoms with van der Waals surface area (Å²) in [6.07, 6.45) is 8.65. The predicted molar refractivity (Wildman–Crippen MR) is 116 cm³/mol. The first-order valence-corrected chi connectivity index (χ1v) is 12.1. The minimum absolute atomic E-state index is 0.513. The lowest BCUT2D eigenvalue weighted by atomic mass is 9.91. The highest BCUT2D eigenvalue weighted by Gasteiger charge is 2.29. The maximum Gasteiger partial charge on any atom is 0.0595 e. The van der Waals surface area contributed by atoms with Crippen LogP contribution < -0.4 is 0 Å². The molecule has 0 spiro atoms. The third kappa shape index (κ3) is 5.91. The average Bonchev–Trinajstić information content (AvgIpc) is 2.70. The van der Waals surface area contributed by atoms with Crippen LogP contribution in [0, 0.1) is 17.8 Å². The molecular formula is C23H44N4O. The summed E-state index contributed by atoms with van der Waals surface area (Å²) in [5.74, 6) is 2.82. The van der Waals surface area contributed by atoms with Crippen molar-refractivity contribution in [3.8, 4) is 0 Å². The van der Waals surface area contributed by atoms with Crippen molar-refractivity contribution in [2.24, 2.45) is 17.8 Å². The van der Waals surface area contributed by atoms with E-state index in [1.165, 1.54) is 111 Å². The molecule has 0 aromatic rings. The Morgan fingerprint density at radius 3 is 1.39 bits per heavy atom. The van der Waals surface area contributed by atoms with Crippen LogP contribution in [0.25, 0.3) is 0 Å². The van der Waals surface area contributed by atoms with Crippen molar-refractivity contribution >= 4 is 0 Å². The summed E-state index contributed by atoms with van der Waals surface area (Å²) in [5.41, 5.74) is 0. The second-order valence-corrected chi connectivity index (χ2v) is 10.3. The van der Waals surface area contributed by atoms with Gasteiger partial charge in [-0.15, -0.1) is 0 Å². The van der Waals surface area contributed by atoms with Crippen molar-refractivity contribution in [2.45, 2.75) is 44.6 Å². The van der Waals surface area contributed by atoms with Crippen LogP contribution in [0.4, 0.5) is 0 Å². The molecule has 5 nitrogen and oxygen atoms in total. The fourth-order valence-corrected chi connectivity index (χ4v) is 6.07. The number of nitrogens with zero attached hydrogens (tertiary/aromatic N) is 4. The molecule has 0 aliphatic carbocycles. The van der Waals surface area contributed by atoms with Crippen LogP contribution in [0.5, 0.6) is 0 Å². The fourth-order valence-electron chi connectivity index (χ4n) is 6.07. The lowest BCUT2D eigenvalue weighted by Gasteiger charge is -2.42. The lowest BCUT2D eigenvalue weighted by Crippen LogP contribution is -2.51. The Bertz CT molecular complexity index is 446. The quantitative estimate of drug-likeness (QED) is 0.660. The third-order valence-corrected chi connectivity index (χ3v) is 7.97. The molecule has 5 heteroatoms. The molecule has 0 aromatic heterocycles. The van der Waals surface area contributed by atoms with Gasteiger partial charge >= 0.3 is 0 Å². The Morgan fingerprint density at radius 1 is 0.607 bits per heavy atom. The van der Waals surface area contributed by atoms with Gasteiger partial charge in [0, 0.05) is 52.9 Å². The Morgan fingerprint density at radius 2 is 1.00 bits per heavy atom. The zero-order valence-electron chi connectivity index (χ0n) is 18.5. The molecule has 0 N–H and O–H groups in total. The van der Waals surface area contributed by atoms with E-state index in [0.717, 1.165) is 17.8 Å². The Balaban J connectivity index is 1.07. The molecule has 0 radical (unpaired) electrons. The molecule has 4 fully saturated rings. The van der Waals surface area contributed by atoms with Gasteiger partial charge in [-0.2, -0.15) is 0 Å². The summed E-state index contributed by atoms with van der Waals surface area (Å²) in [7, 11) is 4.11. The van der Waals surface area contributed by atoms with E-state index in [0.29, 0.717) is 6.10 Å². The van der Waals surface area contributed by atoms with E-state index in [1.807, 2.05) is 7.11 Å². The molecule has 162 valence electrons. The van der Waals surface area contributed by atoms with E-state index in [1.54, 1.807) is 0 Å². The first kappa shape index (κ1) is 21.0. The first-order chi connectivity index (χ1) is 13.7. The van der Waals surface area contributed by atoms with Crippen molar-refractivity contribution in [3.05, 3.63) is 0 Å². The summed E-state index contributed by atoms with van der Waals surface area (Å²) < 4.78 is 5.52. The van der Waals surface area contributed by atoms with Gasteiger partial charge < -0.3 is 24.3 Å². The largest absolute Gasteiger partial charge is 0.381 e. The van der Waals surface area contributed by atoms with Crippen LogP contribution in [0.3, 0.4) is 0 Å². The molecule has 0 unspecified atom stereocenters. The highest BCUT2D eigenvalue weighted by atomic mass is 16.5. The van der Waals surface area contributed by atoms with Crippen molar-refractivity contribution in [1.82, 2.24) is 19.6 Å². The van der Waals surface area contributed by atoms with Gasteiger partial charge in [-0.05, 0) is 89.5 Å². The van der Waals surface area contributed by atoms with Gasteiger partial charge in [0.15, 0.2) is 0 Å². The van der Waals surface area contributed by atoms with E-state index in [9.17, 15) is 0 Å². The Hall–Kier alpha value is -0.200. The topological polar surface area (TPSA) is 22.2 Å². The van der Waals surface area contributed by atoms with Gasteiger partial charge in [-0.1, -0.05) is 0 Å². The summed E-state index contributed by atoms with van der Waals surface area (Å²) in [6.45, 7) is 14.6. The zero-order valence-corrected chi connectivity index (χ0v) is 18.5. The summed E-state index contributed by atoms with van der Waals surface area (Å²) >= 11 is 0. The molecule has 4 saturated heterocycles. The molecule has 4 rings (SSSR count). The number of ether oxygens (including phenoxy) is 1. The van der Waals surface area contributed by atoms with Crippen molar-refractivity contribution in [1.29, 1.82) is 0 Å².